The van der Waals surface area contributed by atoms with Crippen LogP contribution in [0.4, 0.5) is 5.69 Å². The van der Waals surface area contributed by atoms with Gasteiger partial charge in [0.05, 0.1) is 35.0 Å². The summed E-state index contributed by atoms with van der Waals surface area (Å²) in [4.78, 5) is 10.4. The Bertz CT molecular complexity index is 929. The molecule has 3 heterocycles. The Kier molecular flexibility index (Phi) is 3.42. The largest absolute Gasteiger partial charge is 0.388 e. The molecule has 0 radical (unpaired) electrons. The van der Waals surface area contributed by atoms with Crippen molar-refractivity contribution in [3.63, 3.8) is 0 Å². The number of anilines is 1. The first-order chi connectivity index (χ1) is 12.7. The molecule has 26 heavy (non-hydrogen) atoms. The second-order valence-corrected chi connectivity index (χ2v) is 7.74. The lowest BCUT2D eigenvalue weighted by molar-refractivity contribution is -0.0941. The van der Waals surface area contributed by atoms with E-state index in [1.165, 1.54) is 19.3 Å². The summed E-state index contributed by atoms with van der Waals surface area (Å²) in [6.45, 7) is 2.86. The predicted molar refractivity (Wildman–Crippen MR) is 97.8 cm³/mol. The van der Waals surface area contributed by atoms with Crippen molar-refractivity contribution in [1.29, 1.82) is 5.26 Å². The van der Waals surface area contributed by atoms with Crippen LogP contribution in [0.2, 0.25) is 0 Å². The maximum absolute atomic E-state index is 9.06. The lowest BCUT2D eigenvalue weighted by Gasteiger charge is -2.38. The Labute approximate surface area is 152 Å². The molecule has 0 aromatic carbocycles. The molecule has 1 N–H and O–H groups in total. The van der Waals surface area contributed by atoms with E-state index in [0.29, 0.717) is 6.04 Å². The molecular formula is C19H22N6O. The van der Waals surface area contributed by atoms with Crippen LogP contribution in [0.15, 0.2) is 17.5 Å². The molecule has 2 aromatic heterocycles. The van der Waals surface area contributed by atoms with Gasteiger partial charge in [0.2, 0.25) is 0 Å². The van der Waals surface area contributed by atoms with E-state index in [4.69, 9.17) is 10.1 Å². The number of oxime groups is 1. The van der Waals surface area contributed by atoms with Crippen molar-refractivity contribution in [3.8, 4) is 6.07 Å². The van der Waals surface area contributed by atoms with Crippen molar-refractivity contribution >= 4 is 22.4 Å². The Morgan fingerprint density at radius 3 is 2.92 bits per heavy atom. The Morgan fingerprint density at radius 1 is 1.38 bits per heavy atom. The van der Waals surface area contributed by atoms with E-state index < -0.39 is 0 Å². The summed E-state index contributed by atoms with van der Waals surface area (Å²) in [5.74, 6) is 0.0977. The molecule has 7 heteroatoms. The van der Waals surface area contributed by atoms with Gasteiger partial charge in [0.25, 0.3) is 0 Å². The third-order valence-corrected chi connectivity index (χ3v) is 5.99. The van der Waals surface area contributed by atoms with Gasteiger partial charge in [-0.15, -0.1) is 0 Å². The predicted octanol–water partition coefficient (Wildman–Crippen LogP) is 3.21. The zero-order chi connectivity index (χ0) is 17.7. The number of hydrogen-bond acceptors (Lipinski definition) is 6. The number of nitriles is 1. The molecular weight excluding hydrogens is 328 g/mol. The summed E-state index contributed by atoms with van der Waals surface area (Å²) >= 11 is 0. The highest BCUT2D eigenvalue weighted by Crippen LogP contribution is 2.47. The monoisotopic (exact) mass is 350 g/mol. The molecule has 2 saturated carbocycles. The van der Waals surface area contributed by atoms with Gasteiger partial charge in [-0.2, -0.15) is 10.4 Å². The average Bonchev–Trinajstić information content (AvgIpc) is 3.20. The van der Waals surface area contributed by atoms with Gasteiger partial charge in [0.1, 0.15) is 5.60 Å². The van der Waals surface area contributed by atoms with Crippen LogP contribution >= 0.6 is 0 Å². The molecule has 5 rings (SSSR count). The fourth-order valence-electron chi connectivity index (χ4n) is 4.20. The lowest BCUT2D eigenvalue weighted by Crippen LogP contribution is -2.43. The number of hydrogen-bond donors (Lipinski definition) is 1. The molecule has 0 bridgehead atoms. The first kappa shape index (κ1) is 15.6. The van der Waals surface area contributed by atoms with Gasteiger partial charge in [0, 0.05) is 43.6 Å². The molecule has 1 aliphatic heterocycles. The van der Waals surface area contributed by atoms with Crippen molar-refractivity contribution in [2.75, 3.05) is 5.32 Å². The van der Waals surface area contributed by atoms with Crippen LogP contribution in [-0.2, 0) is 11.4 Å². The summed E-state index contributed by atoms with van der Waals surface area (Å²) in [7, 11) is 0. The molecule has 0 amide bonds. The zero-order valence-electron chi connectivity index (χ0n) is 14.9. The zero-order valence-corrected chi connectivity index (χ0v) is 14.9. The van der Waals surface area contributed by atoms with E-state index in [9.17, 15) is 0 Å². The minimum absolute atomic E-state index is 0.0977. The van der Waals surface area contributed by atoms with Crippen molar-refractivity contribution in [2.45, 2.75) is 63.6 Å². The molecule has 7 nitrogen and oxygen atoms in total. The van der Waals surface area contributed by atoms with E-state index >= 15 is 0 Å². The highest BCUT2D eigenvalue weighted by atomic mass is 16.7. The van der Waals surface area contributed by atoms with Crippen LogP contribution in [0.1, 0.15) is 51.0 Å². The van der Waals surface area contributed by atoms with Gasteiger partial charge in [0.15, 0.2) is 5.65 Å². The van der Waals surface area contributed by atoms with Gasteiger partial charge in [-0.25, -0.2) is 9.67 Å². The van der Waals surface area contributed by atoms with Crippen molar-refractivity contribution in [1.82, 2.24) is 14.8 Å². The smallest absolute Gasteiger partial charge is 0.159 e. The number of nitrogens with zero attached hydrogens (tertiary/aromatic N) is 5. The number of nitrogens with one attached hydrogen (secondary N) is 1. The summed E-state index contributed by atoms with van der Waals surface area (Å²) in [5, 5.41) is 22.7. The number of aryl methyl sites for hydroxylation is 1. The number of pyridine rings is 1. The number of rotatable bonds is 4. The van der Waals surface area contributed by atoms with Crippen molar-refractivity contribution < 1.29 is 4.84 Å². The molecule has 134 valence electrons. The maximum Gasteiger partial charge on any atom is 0.159 e. The van der Waals surface area contributed by atoms with Gasteiger partial charge in [-0.1, -0.05) is 5.16 Å². The average molecular weight is 350 g/mol. The van der Waals surface area contributed by atoms with E-state index in [2.05, 4.69) is 33.5 Å². The summed E-state index contributed by atoms with van der Waals surface area (Å²) < 4.78 is 1.92. The van der Waals surface area contributed by atoms with Crippen molar-refractivity contribution in [3.05, 3.63) is 18.0 Å². The Balaban J connectivity index is 1.51. The molecule has 1 spiro atoms. The maximum atomic E-state index is 9.06. The first-order valence-corrected chi connectivity index (χ1v) is 9.47. The van der Waals surface area contributed by atoms with E-state index in [1.54, 1.807) is 0 Å². The van der Waals surface area contributed by atoms with Gasteiger partial charge >= 0.3 is 0 Å². The molecule has 0 unspecified atom stereocenters. The third kappa shape index (κ3) is 2.28. The van der Waals surface area contributed by atoms with Crippen LogP contribution in [-0.4, -0.2) is 32.1 Å². The standard InChI is InChI=1S/C19H22N6O/c1-2-25-18-15(11-22-25)17(23-13-4-3-5-13)14(10-21-18)16-8-19(26-24-16)6-12(7-19)9-20/h10-13H,2-8H2,1H3,(H,21,23). The molecule has 0 atom stereocenters. The SMILES string of the molecule is CCn1ncc2c(NC3CCC3)c(C3=NOC4(C3)CC(C#N)C4)cnc21. The summed E-state index contributed by atoms with van der Waals surface area (Å²) in [5.41, 5.74) is 3.65. The highest BCUT2D eigenvalue weighted by molar-refractivity contribution is 6.10. The van der Waals surface area contributed by atoms with E-state index in [1.807, 2.05) is 17.1 Å². The fraction of sp³-hybridized carbons (Fsp3) is 0.579. The van der Waals surface area contributed by atoms with Crippen LogP contribution in [0.25, 0.3) is 11.0 Å². The number of aromatic nitrogens is 3. The summed E-state index contributed by atoms with van der Waals surface area (Å²) in [6.07, 6.45) is 9.76. The second kappa shape index (κ2) is 5.70. The van der Waals surface area contributed by atoms with Gasteiger partial charge in [-0.3, -0.25) is 0 Å². The second-order valence-electron chi connectivity index (χ2n) is 7.74. The van der Waals surface area contributed by atoms with Crippen LogP contribution in [0.5, 0.6) is 0 Å². The molecule has 2 aromatic rings. The van der Waals surface area contributed by atoms with Crippen LogP contribution < -0.4 is 5.32 Å². The minimum Gasteiger partial charge on any atom is -0.388 e. The first-order valence-electron chi connectivity index (χ1n) is 9.47. The highest BCUT2D eigenvalue weighted by Gasteiger charge is 2.51. The molecule has 0 saturated heterocycles. The van der Waals surface area contributed by atoms with E-state index in [-0.39, 0.29) is 11.5 Å². The molecule has 3 aliphatic rings. The topological polar surface area (TPSA) is 88.1 Å². The van der Waals surface area contributed by atoms with Crippen molar-refractivity contribution in [2.24, 2.45) is 11.1 Å². The quantitative estimate of drug-likeness (QED) is 0.915. The van der Waals surface area contributed by atoms with Crippen LogP contribution in [0.3, 0.4) is 0 Å². The Hall–Kier alpha value is -2.62. The Morgan fingerprint density at radius 2 is 2.23 bits per heavy atom. The van der Waals surface area contributed by atoms with Crippen LogP contribution in [0, 0.1) is 17.2 Å². The normalized spacial score (nSPS) is 27.5. The fourth-order valence-corrected chi connectivity index (χ4v) is 4.20. The van der Waals surface area contributed by atoms with Gasteiger partial charge in [-0.05, 0) is 26.2 Å². The van der Waals surface area contributed by atoms with Gasteiger partial charge < -0.3 is 10.2 Å². The third-order valence-electron chi connectivity index (χ3n) is 5.99. The summed E-state index contributed by atoms with van der Waals surface area (Å²) in [6, 6.07) is 2.83. The number of fused-ring (bicyclic) bond motifs is 1. The lowest BCUT2D eigenvalue weighted by atomic mass is 9.69. The molecule has 2 aliphatic carbocycles. The molecule has 2 fully saturated rings. The van der Waals surface area contributed by atoms with E-state index in [0.717, 1.165) is 53.8 Å². The minimum atomic E-state index is -0.272.